The molecule has 2 rings (SSSR count). The molecule has 1 saturated heterocycles. The SMILES string of the molecule is O=C(O)CCC1CCN(S(=O)(=O)c2ccc(F)cc2F)C1. The van der Waals surface area contributed by atoms with Crippen LogP contribution in [0.25, 0.3) is 0 Å². The molecule has 0 aliphatic carbocycles. The molecular formula is C13H15F2NO4S. The van der Waals surface area contributed by atoms with Crippen molar-refractivity contribution >= 4 is 16.0 Å². The van der Waals surface area contributed by atoms with Crippen LogP contribution in [0.15, 0.2) is 23.1 Å². The monoisotopic (exact) mass is 319 g/mol. The summed E-state index contributed by atoms with van der Waals surface area (Å²) < 4.78 is 52.2. The lowest BCUT2D eigenvalue weighted by Gasteiger charge is -2.17. The molecule has 1 aromatic carbocycles. The van der Waals surface area contributed by atoms with Crippen molar-refractivity contribution in [3.63, 3.8) is 0 Å². The number of carbonyl (C=O) groups is 1. The third kappa shape index (κ3) is 3.56. The fourth-order valence-electron chi connectivity index (χ4n) is 2.40. The molecule has 0 bridgehead atoms. The first kappa shape index (κ1) is 15.8. The quantitative estimate of drug-likeness (QED) is 0.898. The maximum Gasteiger partial charge on any atom is 0.303 e. The van der Waals surface area contributed by atoms with Crippen LogP contribution in [0.4, 0.5) is 8.78 Å². The minimum Gasteiger partial charge on any atom is -0.481 e. The van der Waals surface area contributed by atoms with Crippen molar-refractivity contribution in [2.75, 3.05) is 13.1 Å². The smallest absolute Gasteiger partial charge is 0.303 e. The Labute approximate surface area is 121 Å². The Morgan fingerprint density at radius 3 is 2.71 bits per heavy atom. The molecule has 1 unspecified atom stereocenters. The van der Waals surface area contributed by atoms with Gasteiger partial charge in [0.1, 0.15) is 16.5 Å². The van der Waals surface area contributed by atoms with Crippen molar-refractivity contribution in [2.24, 2.45) is 5.92 Å². The zero-order chi connectivity index (χ0) is 15.6. The normalized spacial score (nSPS) is 19.8. The van der Waals surface area contributed by atoms with Gasteiger partial charge >= 0.3 is 5.97 Å². The Hall–Kier alpha value is -1.54. The summed E-state index contributed by atoms with van der Waals surface area (Å²) in [5.41, 5.74) is 0. The van der Waals surface area contributed by atoms with Gasteiger partial charge in [0, 0.05) is 25.6 Å². The van der Waals surface area contributed by atoms with Gasteiger partial charge in [0.2, 0.25) is 10.0 Å². The van der Waals surface area contributed by atoms with E-state index >= 15 is 0 Å². The van der Waals surface area contributed by atoms with E-state index in [-0.39, 0.29) is 25.4 Å². The summed E-state index contributed by atoms with van der Waals surface area (Å²) in [6, 6.07) is 2.34. The average Bonchev–Trinajstić information content (AvgIpc) is 2.85. The van der Waals surface area contributed by atoms with E-state index in [1.54, 1.807) is 0 Å². The van der Waals surface area contributed by atoms with Crippen molar-refractivity contribution in [3.8, 4) is 0 Å². The molecule has 116 valence electrons. The van der Waals surface area contributed by atoms with Crippen molar-refractivity contribution < 1.29 is 27.1 Å². The number of nitrogens with zero attached hydrogens (tertiary/aromatic N) is 1. The second-order valence-corrected chi connectivity index (χ2v) is 6.93. The van der Waals surface area contributed by atoms with Crippen molar-refractivity contribution in [1.82, 2.24) is 4.31 Å². The lowest BCUT2D eigenvalue weighted by Crippen LogP contribution is -2.29. The number of hydrogen-bond acceptors (Lipinski definition) is 3. The van der Waals surface area contributed by atoms with Crippen LogP contribution in [0.5, 0.6) is 0 Å². The molecule has 1 N–H and O–H groups in total. The zero-order valence-corrected chi connectivity index (χ0v) is 11.9. The molecule has 1 aliphatic rings. The number of sulfonamides is 1. The molecule has 0 spiro atoms. The molecule has 8 heteroatoms. The van der Waals surface area contributed by atoms with Crippen LogP contribution in [0, 0.1) is 17.6 Å². The fraction of sp³-hybridized carbons (Fsp3) is 0.462. The van der Waals surface area contributed by atoms with Crippen LogP contribution in [0.2, 0.25) is 0 Å². The average molecular weight is 319 g/mol. The first-order valence-electron chi connectivity index (χ1n) is 6.47. The summed E-state index contributed by atoms with van der Waals surface area (Å²) >= 11 is 0. The fourth-order valence-corrected chi connectivity index (χ4v) is 3.98. The predicted molar refractivity (Wildman–Crippen MR) is 70.1 cm³/mol. The van der Waals surface area contributed by atoms with E-state index in [1.165, 1.54) is 0 Å². The van der Waals surface area contributed by atoms with E-state index in [0.29, 0.717) is 18.9 Å². The molecule has 1 heterocycles. The van der Waals surface area contributed by atoms with Gasteiger partial charge in [-0.2, -0.15) is 4.31 Å². The van der Waals surface area contributed by atoms with Crippen molar-refractivity contribution in [3.05, 3.63) is 29.8 Å². The minimum absolute atomic E-state index is 0.0243. The maximum atomic E-state index is 13.6. The summed E-state index contributed by atoms with van der Waals surface area (Å²) in [6.45, 7) is 0.371. The molecule has 1 aromatic rings. The molecule has 1 aliphatic heterocycles. The van der Waals surface area contributed by atoms with Crippen LogP contribution in [0.1, 0.15) is 19.3 Å². The topological polar surface area (TPSA) is 74.7 Å². The standard InChI is InChI=1S/C13H15F2NO4S/c14-10-2-3-12(11(15)7-10)21(19,20)16-6-5-9(8-16)1-4-13(17)18/h2-3,7,9H,1,4-6,8H2,(H,17,18). The second-order valence-electron chi connectivity index (χ2n) is 5.02. The summed E-state index contributed by atoms with van der Waals surface area (Å²) in [4.78, 5) is 9.96. The summed E-state index contributed by atoms with van der Waals surface area (Å²) in [6.07, 6.45) is 0.895. The molecule has 21 heavy (non-hydrogen) atoms. The van der Waals surface area contributed by atoms with Gasteiger partial charge in [0.15, 0.2) is 0 Å². The minimum atomic E-state index is -4.01. The first-order valence-corrected chi connectivity index (χ1v) is 7.91. The van der Waals surface area contributed by atoms with Gasteiger partial charge in [-0.05, 0) is 30.9 Å². The van der Waals surface area contributed by atoms with E-state index in [0.717, 1.165) is 16.4 Å². The molecule has 0 saturated carbocycles. The molecule has 1 fully saturated rings. The largest absolute Gasteiger partial charge is 0.481 e. The lowest BCUT2D eigenvalue weighted by atomic mass is 10.0. The van der Waals surface area contributed by atoms with E-state index in [2.05, 4.69) is 0 Å². The van der Waals surface area contributed by atoms with Crippen molar-refractivity contribution in [2.45, 2.75) is 24.2 Å². The van der Waals surface area contributed by atoms with Gasteiger partial charge in [-0.3, -0.25) is 4.79 Å². The summed E-state index contributed by atoms with van der Waals surface area (Å²) in [5.74, 6) is -2.95. The van der Waals surface area contributed by atoms with Gasteiger partial charge in [-0.25, -0.2) is 17.2 Å². The van der Waals surface area contributed by atoms with Crippen LogP contribution in [0.3, 0.4) is 0 Å². The molecule has 0 radical (unpaired) electrons. The van der Waals surface area contributed by atoms with Crippen LogP contribution >= 0.6 is 0 Å². The Morgan fingerprint density at radius 1 is 1.38 bits per heavy atom. The number of benzene rings is 1. The number of halogens is 2. The Bertz CT molecular complexity index is 648. The Morgan fingerprint density at radius 2 is 2.10 bits per heavy atom. The van der Waals surface area contributed by atoms with Gasteiger partial charge in [-0.1, -0.05) is 0 Å². The van der Waals surface area contributed by atoms with Gasteiger partial charge in [-0.15, -0.1) is 0 Å². The van der Waals surface area contributed by atoms with E-state index in [9.17, 15) is 22.0 Å². The molecule has 0 amide bonds. The van der Waals surface area contributed by atoms with Crippen LogP contribution in [-0.4, -0.2) is 36.9 Å². The highest BCUT2D eigenvalue weighted by Gasteiger charge is 2.34. The number of hydrogen-bond donors (Lipinski definition) is 1. The first-order chi connectivity index (χ1) is 9.80. The summed E-state index contributed by atoms with van der Waals surface area (Å²) in [7, 11) is -4.01. The molecule has 0 aromatic heterocycles. The van der Waals surface area contributed by atoms with Gasteiger partial charge < -0.3 is 5.11 Å². The lowest BCUT2D eigenvalue weighted by molar-refractivity contribution is -0.137. The van der Waals surface area contributed by atoms with E-state index in [1.807, 2.05) is 0 Å². The highest BCUT2D eigenvalue weighted by molar-refractivity contribution is 7.89. The van der Waals surface area contributed by atoms with Gasteiger partial charge in [0.05, 0.1) is 0 Å². The zero-order valence-electron chi connectivity index (χ0n) is 11.1. The third-order valence-electron chi connectivity index (χ3n) is 3.53. The highest BCUT2D eigenvalue weighted by atomic mass is 32.2. The number of carboxylic acids is 1. The van der Waals surface area contributed by atoms with E-state index in [4.69, 9.17) is 5.11 Å². The predicted octanol–water partition coefficient (Wildman–Crippen LogP) is 1.84. The Balaban J connectivity index is 2.12. The summed E-state index contributed by atoms with van der Waals surface area (Å²) in [5, 5.41) is 8.62. The highest BCUT2D eigenvalue weighted by Crippen LogP contribution is 2.28. The number of rotatable bonds is 5. The maximum absolute atomic E-state index is 13.6. The van der Waals surface area contributed by atoms with Gasteiger partial charge in [0.25, 0.3) is 0 Å². The molecule has 1 atom stereocenters. The van der Waals surface area contributed by atoms with Crippen molar-refractivity contribution in [1.29, 1.82) is 0 Å². The van der Waals surface area contributed by atoms with Crippen LogP contribution < -0.4 is 0 Å². The molecule has 5 nitrogen and oxygen atoms in total. The van der Waals surface area contributed by atoms with E-state index < -0.39 is 32.5 Å². The second kappa shape index (κ2) is 6.07. The number of aliphatic carboxylic acids is 1. The Kier molecular flexibility index (Phi) is 4.58. The molecular weight excluding hydrogens is 304 g/mol. The third-order valence-corrected chi connectivity index (χ3v) is 5.43. The van der Waals surface area contributed by atoms with Crippen LogP contribution in [-0.2, 0) is 14.8 Å². The number of carboxylic acid groups (broad SMARTS) is 1.